The monoisotopic (exact) mass is 274 g/mol. The van der Waals surface area contributed by atoms with Crippen LogP contribution >= 0.6 is 0 Å². The van der Waals surface area contributed by atoms with Crippen molar-refractivity contribution in [2.75, 3.05) is 0 Å². The van der Waals surface area contributed by atoms with E-state index in [-0.39, 0.29) is 17.5 Å². The third-order valence-corrected chi connectivity index (χ3v) is 3.76. The van der Waals surface area contributed by atoms with Crippen LogP contribution in [0.1, 0.15) is 80.0 Å². The first-order valence-corrected chi connectivity index (χ1v) is 7.72. The van der Waals surface area contributed by atoms with Crippen molar-refractivity contribution < 1.29 is 9.59 Å². The maximum absolute atomic E-state index is 12.4. The van der Waals surface area contributed by atoms with Crippen LogP contribution in [0.2, 0.25) is 0 Å². The lowest BCUT2D eigenvalue weighted by Crippen LogP contribution is -2.15. The number of hydrogen-bond acceptors (Lipinski definition) is 2. The molecule has 0 bridgehead atoms. The number of rotatable bonds is 9. The van der Waals surface area contributed by atoms with Crippen molar-refractivity contribution in [1.82, 2.24) is 0 Å². The minimum Gasteiger partial charge on any atom is -0.294 e. The lowest BCUT2D eigenvalue weighted by molar-refractivity contribution is 0.0911. The van der Waals surface area contributed by atoms with E-state index in [0.717, 1.165) is 12.8 Å². The Morgan fingerprint density at radius 2 is 1.60 bits per heavy atom. The van der Waals surface area contributed by atoms with Gasteiger partial charge in [0.25, 0.3) is 0 Å². The molecule has 0 N–H and O–H groups in total. The summed E-state index contributed by atoms with van der Waals surface area (Å²) in [4.78, 5) is 24.0. The summed E-state index contributed by atoms with van der Waals surface area (Å²) in [6.45, 7) is 5.69. The molecule has 0 aromatic heterocycles. The van der Waals surface area contributed by atoms with Crippen LogP contribution < -0.4 is 0 Å². The van der Waals surface area contributed by atoms with Gasteiger partial charge in [-0.15, -0.1) is 0 Å². The van der Waals surface area contributed by atoms with Gasteiger partial charge >= 0.3 is 0 Å². The Morgan fingerprint density at radius 3 is 2.20 bits per heavy atom. The fourth-order valence-electron chi connectivity index (χ4n) is 2.46. The molecule has 2 heteroatoms. The largest absolute Gasteiger partial charge is 0.294 e. The van der Waals surface area contributed by atoms with Crippen LogP contribution in [0.5, 0.6) is 0 Å². The van der Waals surface area contributed by atoms with Gasteiger partial charge in [-0.1, -0.05) is 70.2 Å². The average Bonchev–Trinajstić information content (AvgIpc) is 2.46. The van der Waals surface area contributed by atoms with Gasteiger partial charge in [-0.25, -0.2) is 0 Å². The van der Waals surface area contributed by atoms with Gasteiger partial charge in [0, 0.05) is 17.0 Å². The summed E-state index contributed by atoms with van der Waals surface area (Å²) in [6.07, 6.45) is 6.96. The molecule has 0 spiro atoms. The standard InChI is InChI=1S/C18H26O2/c1-4-5-6-7-8-11-14(2)18(20)17-13-10-9-12-16(17)15(3)19/h9-10,12-14H,4-8,11H2,1-3H3. The van der Waals surface area contributed by atoms with Crippen molar-refractivity contribution in [2.45, 2.75) is 59.3 Å². The third-order valence-electron chi connectivity index (χ3n) is 3.76. The highest BCUT2D eigenvalue weighted by molar-refractivity contribution is 6.08. The zero-order valence-electron chi connectivity index (χ0n) is 12.9. The van der Waals surface area contributed by atoms with E-state index in [2.05, 4.69) is 6.92 Å². The van der Waals surface area contributed by atoms with Crippen LogP contribution in [-0.4, -0.2) is 11.6 Å². The predicted molar refractivity (Wildman–Crippen MR) is 83.3 cm³/mol. The average molecular weight is 274 g/mol. The van der Waals surface area contributed by atoms with E-state index >= 15 is 0 Å². The second-order valence-electron chi connectivity index (χ2n) is 5.57. The summed E-state index contributed by atoms with van der Waals surface area (Å²) in [7, 11) is 0. The SMILES string of the molecule is CCCCCCCC(C)C(=O)c1ccccc1C(C)=O. The first kappa shape index (κ1) is 16.6. The molecule has 0 saturated carbocycles. The molecule has 1 aromatic carbocycles. The van der Waals surface area contributed by atoms with E-state index in [0.29, 0.717) is 11.1 Å². The van der Waals surface area contributed by atoms with Crippen LogP contribution in [0.3, 0.4) is 0 Å². The summed E-state index contributed by atoms with van der Waals surface area (Å²) < 4.78 is 0. The lowest BCUT2D eigenvalue weighted by Gasteiger charge is -2.12. The van der Waals surface area contributed by atoms with Gasteiger partial charge in [-0.3, -0.25) is 9.59 Å². The molecule has 0 amide bonds. The first-order valence-electron chi connectivity index (χ1n) is 7.72. The normalized spacial score (nSPS) is 12.2. The second kappa shape index (κ2) is 8.68. The van der Waals surface area contributed by atoms with Crippen molar-refractivity contribution in [3.05, 3.63) is 35.4 Å². The Balaban J connectivity index is 2.59. The summed E-state index contributed by atoms with van der Waals surface area (Å²) in [6, 6.07) is 7.15. The predicted octanol–water partition coefficient (Wildman–Crippen LogP) is 5.07. The zero-order valence-corrected chi connectivity index (χ0v) is 12.9. The van der Waals surface area contributed by atoms with Gasteiger partial charge in [0.05, 0.1) is 0 Å². The molecule has 0 radical (unpaired) electrons. The third kappa shape index (κ3) is 4.92. The maximum Gasteiger partial charge on any atom is 0.166 e. The van der Waals surface area contributed by atoms with E-state index in [1.54, 1.807) is 12.1 Å². The van der Waals surface area contributed by atoms with E-state index in [1.807, 2.05) is 19.1 Å². The molecular weight excluding hydrogens is 248 g/mol. The molecular formula is C18H26O2. The Hall–Kier alpha value is -1.44. The fraction of sp³-hybridized carbons (Fsp3) is 0.556. The first-order chi connectivity index (χ1) is 9.57. The maximum atomic E-state index is 12.4. The molecule has 1 unspecified atom stereocenters. The summed E-state index contributed by atoms with van der Waals surface area (Å²) in [5.74, 6) is 0.0625. The van der Waals surface area contributed by atoms with Crippen molar-refractivity contribution in [3.8, 4) is 0 Å². The molecule has 0 fully saturated rings. The smallest absolute Gasteiger partial charge is 0.166 e. The minimum atomic E-state index is -0.0379. The van der Waals surface area contributed by atoms with Crippen molar-refractivity contribution in [2.24, 2.45) is 5.92 Å². The van der Waals surface area contributed by atoms with E-state index in [4.69, 9.17) is 0 Å². The topological polar surface area (TPSA) is 34.1 Å². The van der Waals surface area contributed by atoms with Gasteiger partial charge in [0.2, 0.25) is 0 Å². The van der Waals surface area contributed by atoms with Gasteiger partial charge in [-0.2, -0.15) is 0 Å². The number of carbonyl (C=O) groups is 2. The highest BCUT2D eigenvalue weighted by atomic mass is 16.1. The minimum absolute atomic E-state index is 0.00266. The van der Waals surface area contributed by atoms with E-state index in [1.165, 1.54) is 32.6 Å². The van der Waals surface area contributed by atoms with Crippen LogP contribution in [0.15, 0.2) is 24.3 Å². The van der Waals surface area contributed by atoms with Crippen LogP contribution in [0, 0.1) is 5.92 Å². The molecule has 1 atom stereocenters. The highest BCUT2D eigenvalue weighted by Gasteiger charge is 2.19. The van der Waals surface area contributed by atoms with E-state index < -0.39 is 0 Å². The fourth-order valence-corrected chi connectivity index (χ4v) is 2.46. The molecule has 110 valence electrons. The quantitative estimate of drug-likeness (QED) is 0.465. The molecule has 0 aliphatic carbocycles. The summed E-state index contributed by atoms with van der Waals surface area (Å²) in [5.41, 5.74) is 1.14. The summed E-state index contributed by atoms with van der Waals surface area (Å²) in [5, 5.41) is 0. The molecule has 1 aromatic rings. The molecule has 2 nitrogen and oxygen atoms in total. The van der Waals surface area contributed by atoms with Gasteiger partial charge < -0.3 is 0 Å². The van der Waals surface area contributed by atoms with Gasteiger partial charge in [0.15, 0.2) is 11.6 Å². The van der Waals surface area contributed by atoms with Crippen LogP contribution in [-0.2, 0) is 0 Å². The number of unbranched alkanes of at least 4 members (excludes halogenated alkanes) is 4. The van der Waals surface area contributed by atoms with Gasteiger partial charge in [0.1, 0.15) is 0 Å². The zero-order chi connectivity index (χ0) is 15.0. The highest BCUT2D eigenvalue weighted by Crippen LogP contribution is 2.19. The number of carbonyl (C=O) groups excluding carboxylic acids is 2. The van der Waals surface area contributed by atoms with Crippen molar-refractivity contribution in [1.29, 1.82) is 0 Å². The molecule has 0 aliphatic heterocycles. The molecule has 0 aliphatic rings. The van der Waals surface area contributed by atoms with Crippen LogP contribution in [0.4, 0.5) is 0 Å². The molecule has 1 rings (SSSR count). The molecule has 0 heterocycles. The van der Waals surface area contributed by atoms with Crippen molar-refractivity contribution >= 4 is 11.6 Å². The molecule has 20 heavy (non-hydrogen) atoms. The Bertz CT molecular complexity index is 448. The number of Topliss-reactive ketones (excluding diaryl/α,β-unsaturated/α-hetero) is 2. The van der Waals surface area contributed by atoms with Crippen LogP contribution in [0.25, 0.3) is 0 Å². The number of ketones is 2. The lowest BCUT2D eigenvalue weighted by atomic mass is 9.90. The Morgan fingerprint density at radius 1 is 1.00 bits per heavy atom. The second-order valence-corrected chi connectivity index (χ2v) is 5.57. The number of hydrogen-bond donors (Lipinski definition) is 0. The Labute approximate surface area is 122 Å². The number of benzene rings is 1. The Kier molecular flexibility index (Phi) is 7.21. The van der Waals surface area contributed by atoms with E-state index in [9.17, 15) is 9.59 Å². The van der Waals surface area contributed by atoms with Gasteiger partial charge in [-0.05, 0) is 13.3 Å². The molecule has 0 saturated heterocycles. The summed E-state index contributed by atoms with van der Waals surface area (Å²) >= 11 is 0. The van der Waals surface area contributed by atoms with Crippen molar-refractivity contribution in [3.63, 3.8) is 0 Å².